The molecule has 2 aliphatic rings. The second kappa shape index (κ2) is 8.31. The number of sulfonamides is 1. The van der Waals surface area contributed by atoms with E-state index < -0.39 is 10.0 Å². The maximum atomic E-state index is 12.9. The number of amides is 1. The summed E-state index contributed by atoms with van der Waals surface area (Å²) in [7, 11) is -1.83. The van der Waals surface area contributed by atoms with Crippen molar-refractivity contribution in [2.75, 3.05) is 20.1 Å². The zero-order valence-corrected chi connectivity index (χ0v) is 17.5. The van der Waals surface area contributed by atoms with Gasteiger partial charge in [0, 0.05) is 31.7 Å². The van der Waals surface area contributed by atoms with Crippen molar-refractivity contribution in [3.05, 3.63) is 29.8 Å². The van der Waals surface area contributed by atoms with Gasteiger partial charge in [-0.05, 0) is 55.4 Å². The Hall–Kier alpha value is -1.40. The lowest BCUT2D eigenvalue weighted by Crippen LogP contribution is -2.42. The average molecular weight is 393 g/mol. The maximum Gasteiger partial charge on any atom is 0.253 e. The number of likely N-dealkylation sites (tertiary alicyclic amines) is 1. The molecule has 0 spiro atoms. The summed E-state index contributed by atoms with van der Waals surface area (Å²) in [4.78, 5) is 15.0. The summed E-state index contributed by atoms with van der Waals surface area (Å²) in [6.07, 6.45) is 6.37. The van der Waals surface area contributed by atoms with Crippen LogP contribution in [-0.2, 0) is 10.0 Å². The highest BCUT2D eigenvalue weighted by molar-refractivity contribution is 7.89. The number of hydrogen-bond donors (Lipinski definition) is 0. The Balaban J connectivity index is 1.73. The summed E-state index contributed by atoms with van der Waals surface area (Å²) in [6, 6.07) is 6.57. The summed E-state index contributed by atoms with van der Waals surface area (Å²) >= 11 is 0. The summed E-state index contributed by atoms with van der Waals surface area (Å²) in [5.41, 5.74) is 0.565. The Labute approximate surface area is 163 Å². The monoisotopic (exact) mass is 392 g/mol. The predicted octanol–water partition coefficient (Wildman–Crippen LogP) is 3.76. The average Bonchev–Trinajstić information content (AvgIpc) is 2.67. The van der Waals surface area contributed by atoms with Gasteiger partial charge in [0.05, 0.1) is 4.90 Å². The number of piperidine rings is 1. The highest BCUT2D eigenvalue weighted by Crippen LogP contribution is 2.27. The summed E-state index contributed by atoms with van der Waals surface area (Å²) in [6.45, 7) is 5.89. The molecular weight excluding hydrogens is 360 g/mol. The predicted molar refractivity (Wildman–Crippen MR) is 107 cm³/mol. The van der Waals surface area contributed by atoms with Gasteiger partial charge in [0.2, 0.25) is 10.0 Å². The van der Waals surface area contributed by atoms with Crippen LogP contribution in [0.5, 0.6) is 0 Å². The fourth-order valence-corrected chi connectivity index (χ4v) is 6.00. The van der Waals surface area contributed by atoms with E-state index >= 15 is 0 Å². The quantitative estimate of drug-likeness (QED) is 0.784. The number of rotatable bonds is 4. The van der Waals surface area contributed by atoms with Gasteiger partial charge in [-0.3, -0.25) is 4.79 Å². The molecule has 0 radical (unpaired) electrons. The zero-order chi connectivity index (χ0) is 19.6. The third-order valence-electron chi connectivity index (χ3n) is 6.02. The van der Waals surface area contributed by atoms with E-state index in [0.717, 1.165) is 45.2 Å². The molecule has 0 aromatic heterocycles. The van der Waals surface area contributed by atoms with Gasteiger partial charge < -0.3 is 4.90 Å². The molecule has 1 heterocycles. The van der Waals surface area contributed by atoms with Crippen LogP contribution >= 0.6 is 0 Å². The van der Waals surface area contributed by atoms with Crippen molar-refractivity contribution in [3.8, 4) is 0 Å². The number of benzene rings is 1. The molecule has 1 aliphatic heterocycles. The highest BCUT2D eigenvalue weighted by atomic mass is 32.2. The Morgan fingerprint density at radius 1 is 1.00 bits per heavy atom. The lowest BCUT2D eigenvalue weighted by molar-refractivity contribution is 0.0623. The van der Waals surface area contributed by atoms with Crippen LogP contribution in [0.3, 0.4) is 0 Å². The molecule has 1 saturated carbocycles. The number of nitrogens with zero attached hydrogens (tertiary/aromatic N) is 2. The number of carbonyl (C=O) groups excluding carboxylic acids is 1. The Morgan fingerprint density at radius 3 is 2.11 bits per heavy atom. The van der Waals surface area contributed by atoms with Crippen LogP contribution in [0.2, 0.25) is 0 Å². The third kappa shape index (κ3) is 4.54. The van der Waals surface area contributed by atoms with E-state index in [4.69, 9.17) is 0 Å². The van der Waals surface area contributed by atoms with E-state index in [9.17, 15) is 13.2 Å². The van der Waals surface area contributed by atoms with E-state index in [1.807, 2.05) is 4.90 Å². The van der Waals surface area contributed by atoms with Gasteiger partial charge in [-0.15, -0.1) is 0 Å². The minimum Gasteiger partial charge on any atom is -0.338 e. The molecule has 1 amide bonds. The standard InChI is InChI=1S/C21H32N2O3S/c1-16-13-17(2)15-23(14-16)21(24)18-9-11-20(12-10-18)27(25,26)22(3)19-7-5-4-6-8-19/h9-12,16-17,19H,4-8,13-15H2,1-3H3. The van der Waals surface area contributed by atoms with Gasteiger partial charge >= 0.3 is 0 Å². The molecule has 1 aliphatic carbocycles. The second-order valence-corrected chi connectivity index (χ2v) is 10.5. The van der Waals surface area contributed by atoms with Crippen LogP contribution < -0.4 is 0 Å². The van der Waals surface area contributed by atoms with Crippen molar-refractivity contribution in [3.63, 3.8) is 0 Å². The first-order valence-corrected chi connectivity index (χ1v) is 11.6. The van der Waals surface area contributed by atoms with Crippen molar-refractivity contribution in [1.82, 2.24) is 9.21 Å². The molecule has 1 aromatic carbocycles. The molecular formula is C21H32N2O3S. The normalized spacial score (nSPS) is 25.0. The largest absolute Gasteiger partial charge is 0.338 e. The van der Waals surface area contributed by atoms with Crippen molar-refractivity contribution >= 4 is 15.9 Å². The van der Waals surface area contributed by atoms with Crippen LogP contribution in [0.25, 0.3) is 0 Å². The Kier molecular flexibility index (Phi) is 6.26. The first-order chi connectivity index (χ1) is 12.8. The molecule has 0 N–H and O–H groups in total. The lowest BCUT2D eigenvalue weighted by Gasteiger charge is -2.35. The smallest absolute Gasteiger partial charge is 0.253 e. The number of hydrogen-bond acceptors (Lipinski definition) is 3. The van der Waals surface area contributed by atoms with Crippen LogP contribution in [0.4, 0.5) is 0 Å². The molecule has 6 heteroatoms. The maximum absolute atomic E-state index is 12.9. The molecule has 3 rings (SSSR count). The topological polar surface area (TPSA) is 57.7 Å². The third-order valence-corrected chi connectivity index (χ3v) is 7.95. The summed E-state index contributed by atoms with van der Waals surface area (Å²) in [5.74, 6) is 1.00. The molecule has 2 unspecified atom stereocenters. The Bertz CT molecular complexity index is 744. The molecule has 1 saturated heterocycles. The van der Waals surface area contributed by atoms with Crippen molar-refractivity contribution in [2.45, 2.75) is 63.3 Å². The molecule has 2 atom stereocenters. The van der Waals surface area contributed by atoms with Gasteiger partial charge in [0.1, 0.15) is 0 Å². The van der Waals surface area contributed by atoms with Gasteiger partial charge in [0.25, 0.3) is 5.91 Å². The van der Waals surface area contributed by atoms with Gasteiger partial charge in [-0.25, -0.2) is 8.42 Å². The van der Waals surface area contributed by atoms with E-state index in [1.165, 1.54) is 10.7 Å². The van der Waals surface area contributed by atoms with Crippen LogP contribution in [0.1, 0.15) is 62.7 Å². The minimum atomic E-state index is -3.52. The lowest BCUT2D eigenvalue weighted by atomic mass is 9.91. The van der Waals surface area contributed by atoms with Gasteiger partial charge in [0.15, 0.2) is 0 Å². The van der Waals surface area contributed by atoms with Crippen LogP contribution in [0.15, 0.2) is 29.2 Å². The molecule has 1 aromatic rings. The summed E-state index contributed by atoms with van der Waals surface area (Å²) < 4.78 is 27.4. The molecule has 2 fully saturated rings. The van der Waals surface area contributed by atoms with Crippen LogP contribution in [-0.4, -0.2) is 49.7 Å². The first-order valence-electron chi connectivity index (χ1n) is 10.2. The van der Waals surface area contributed by atoms with E-state index in [-0.39, 0.29) is 16.8 Å². The van der Waals surface area contributed by atoms with Crippen molar-refractivity contribution in [2.24, 2.45) is 11.8 Å². The van der Waals surface area contributed by atoms with E-state index in [0.29, 0.717) is 17.4 Å². The summed E-state index contributed by atoms with van der Waals surface area (Å²) in [5, 5.41) is 0. The minimum absolute atomic E-state index is 0.00187. The molecule has 0 bridgehead atoms. The molecule has 27 heavy (non-hydrogen) atoms. The van der Waals surface area contributed by atoms with E-state index in [1.54, 1.807) is 31.3 Å². The Morgan fingerprint density at radius 2 is 1.56 bits per heavy atom. The zero-order valence-electron chi connectivity index (χ0n) is 16.7. The SMILES string of the molecule is CC1CC(C)CN(C(=O)c2ccc(S(=O)(=O)N(C)C3CCCCC3)cc2)C1. The highest BCUT2D eigenvalue weighted by Gasteiger charge is 2.30. The first kappa shape index (κ1) is 20.3. The van der Waals surface area contributed by atoms with Gasteiger partial charge in [-0.2, -0.15) is 4.31 Å². The van der Waals surface area contributed by atoms with Crippen LogP contribution in [0, 0.1) is 11.8 Å². The molecule has 5 nitrogen and oxygen atoms in total. The number of carbonyl (C=O) groups is 1. The van der Waals surface area contributed by atoms with E-state index in [2.05, 4.69) is 13.8 Å². The fourth-order valence-electron chi connectivity index (χ4n) is 4.59. The van der Waals surface area contributed by atoms with Crippen molar-refractivity contribution < 1.29 is 13.2 Å². The second-order valence-electron chi connectivity index (χ2n) is 8.49. The van der Waals surface area contributed by atoms with Gasteiger partial charge in [-0.1, -0.05) is 33.1 Å². The molecule has 150 valence electrons. The fraction of sp³-hybridized carbons (Fsp3) is 0.667. The van der Waals surface area contributed by atoms with Crippen molar-refractivity contribution in [1.29, 1.82) is 0 Å².